The molecule has 1 aromatic carbocycles. The number of carbonyl (C=O) groups is 1. The maximum Gasteiger partial charge on any atom is 0.244 e. The second kappa shape index (κ2) is 11.4. The zero-order valence-corrected chi connectivity index (χ0v) is 15.9. The summed E-state index contributed by atoms with van der Waals surface area (Å²) in [7, 11) is 0. The van der Waals surface area contributed by atoms with Crippen LogP contribution in [0.2, 0.25) is 0 Å². The van der Waals surface area contributed by atoms with Gasteiger partial charge in [0.25, 0.3) is 0 Å². The first-order valence-electron chi connectivity index (χ1n) is 8.50. The number of halogens is 1. The zero-order chi connectivity index (χ0) is 17.4. The molecular formula is C18H29ClN2O4. The van der Waals surface area contributed by atoms with Crippen LogP contribution >= 0.6 is 12.4 Å². The summed E-state index contributed by atoms with van der Waals surface area (Å²) in [6.45, 7) is 8.85. The van der Waals surface area contributed by atoms with Crippen LogP contribution in [0.3, 0.4) is 0 Å². The third kappa shape index (κ3) is 7.71. The number of hydrogen-bond donors (Lipinski definition) is 2. The first-order chi connectivity index (χ1) is 11.6. The summed E-state index contributed by atoms with van der Waals surface area (Å²) < 4.78 is 16.5. The molecule has 1 aromatic rings. The van der Waals surface area contributed by atoms with Gasteiger partial charge in [0.1, 0.15) is 6.04 Å². The summed E-state index contributed by atoms with van der Waals surface area (Å²) in [5.41, 5.74) is 1.78. The first kappa shape index (κ1) is 21.9. The van der Waals surface area contributed by atoms with E-state index in [0.717, 1.165) is 11.3 Å². The molecule has 0 unspecified atom stereocenters. The van der Waals surface area contributed by atoms with Gasteiger partial charge in [-0.15, -0.1) is 12.4 Å². The number of amides is 1. The van der Waals surface area contributed by atoms with Crippen molar-refractivity contribution in [1.82, 2.24) is 5.32 Å². The number of rotatable bonds is 8. The van der Waals surface area contributed by atoms with Crippen molar-refractivity contribution in [2.45, 2.75) is 45.6 Å². The van der Waals surface area contributed by atoms with Gasteiger partial charge in [-0.1, -0.05) is 12.1 Å². The van der Waals surface area contributed by atoms with Crippen LogP contribution in [0.25, 0.3) is 0 Å². The second-order valence-electron chi connectivity index (χ2n) is 6.17. The molecule has 0 bridgehead atoms. The van der Waals surface area contributed by atoms with Gasteiger partial charge in [-0.2, -0.15) is 0 Å². The number of benzene rings is 1. The lowest BCUT2D eigenvalue weighted by molar-refractivity contribution is -0.123. The van der Waals surface area contributed by atoms with Gasteiger partial charge in [0.05, 0.1) is 38.6 Å². The Morgan fingerprint density at radius 3 is 2.92 bits per heavy atom. The van der Waals surface area contributed by atoms with Crippen LogP contribution in [-0.2, 0) is 25.6 Å². The van der Waals surface area contributed by atoms with Gasteiger partial charge in [-0.3, -0.25) is 4.79 Å². The van der Waals surface area contributed by atoms with Crippen molar-refractivity contribution in [2.75, 3.05) is 31.7 Å². The molecule has 0 radical (unpaired) electrons. The Hall–Kier alpha value is -1.18. The SMILES string of the molecule is CC(C)OCCOCc1cccc(NC(=O)[C@H]2NCCO[C@@H]2C)c1.Cl. The summed E-state index contributed by atoms with van der Waals surface area (Å²) in [5.74, 6) is -0.0781. The van der Waals surface area contributed by atoms with E-state index in [1.807, 2.05) is 45.0 Å². The molecule has 6 nitrogen and oxygen atoms in total. The summed E-state index contributed by atoms with van der Waals surface area (Å²) in [4.78, 5) is 12.4. The molecule has 1 aliphatic rings. The highest BCUT2D eigenvalue weighted by molar-refractivity contribution is 5.95. The molecule has 0 spiro atoms. The predicted molar refractivity (Wildman–Crippen MR) is 100 cm³/mol. The molecule has 142 valence electrons. The highest BCUT2D eigenvalue weighted by Gasteiger charge is 2.28. The topological polar surface area (TPSA) is 68.8 Å². The number of ether oxygens (including phenoxy) is 3. The quantitative estimate of drug-likeness (QED) is 0.686. The van der Waals surface area contributed by atoms with E-state index in [-0.39, 0.29) is 36.6 Å². The number of nitrogens with one attached hydrogen (secondary N) is 2. The number of anilines is 1. The minimum atomic E-state index is -0.327. The van der Waals surface area contributed by atoms with Crippen LogP contribution < -0.4 is 10.6 Å². The molecule has 2 atom stereocenters. The van der Waals surface area contributed by atoms with Crippen LogP contribution in [0.15, 0.2) is 24.3 Å². The van der Waals surface area contributed by atoms with E-state index in [4.69, 9.17) is 14.2 Å². The Morgan fingerprint density at radius 2 is 2.20 bits per heavy atom. The third-order valence-corrected chi connectivity index (χ3v) is 3.74. The minimum absolute atomic E-state index is 0. The third-order valence-electron chi connectivity index (χ3n) is 3.74. The molecule has 1 fully saturated rings. The van der Waals surface area contributed by atoms with Crippen molar-refractivity contribution in [2.24, 2.45) is 0 Å². The van der Waals surface area contributed by atoms with Gasteiger partial charge in [-0.05, 0) is 38.5 Å². The Labute approximate surface area is 156 Å². The van der Waals surface area contributed by atoms with Gasteiger partial charge in [-0.25, -0.2) is 0 Å². The lowest BCUT2D eigenvalue weighted by Gasteiger charge is -2.29. The smallest absolute Gasteiger partial charge is 0.244 e. The lowest BCUT2D eigenvalue weighted by atomic mass is 10.1. The molecule has 1 aliphatic heterocycles. The van der Waals surface area contributed by atoms with Crippen molar-refractivity contribution in [1.29, 1.82) is 0 Å². The normalized spacial score (nSPS) is 20.2. The van der Waals surface area contributed by atoms with Crippen molar-refractivity contribution < 1.29 is 19.0 Å². The Morgan fingerprint density at radius 1 is 1.40 bits per heavy atom. The molecule has 2 N–H and O–H groups in total. The average Bonchev–Trinajstić information content (AvgIpc) is 2.55. The zero-order valence-electron chi connectivity index (χ0n) is 15.1. The standard InChI is InChI=1S/C18H28N2O4.ClH/c1-13(2)23-10-9-22-12-15-5-4-6-16(11-15)20-18(21)17-14(3)24-8-7-19-17;/h4-6,11,13-14,17,19H,7-10,12H2,1-3H3,(H,20,21);1H/t14-,17+;/m1./s1. The monoisotopic (exact) mass is 372 g/mol. The minimum Gasteiger partial charge on any atom is -0.376 e. The van der Waals surface area contributed by atoms with Crippen LogP contribution in [0.1, 0.15) is 26.3 Å². The van der Waals surface area contributed by atoms with Gasteiger partial charge in [0, 0.05) is 12.2 Å². The van der Waals surface area contributed by atoms with Crippen LogP contribution in [-0.4, -0.2) is 50.5 Å². The van der Waals surface area contributed by atoms with Crippen molar-refractivity contribution in [3.8, 4) is 0 Å². The fourth-order valence-electron chi connectivity index (χ4n) is 2.52. The van der Waals surface area contributed by atoms with E-state index in [9.17, 15) is 4.79 Å². The van der Waals surface area contributed by atoms with E-state index in [0.29, 0.717) is 33.0 Å². The van der Waals surface area contributed by atoms with Crippen molar-refractivity contribution in [3.63, 3.8) is 0 Å². The Kier molecular flexibility index (Phi) is 10.0. The molecular weight excluding hydrogens is 344 g/mol. The van der Waals surface area contributed by atoms with Gasteiger partial charge >= 0.3 is 0 Å². The van der Waals surface area contributed by atoms with Crippen molar-refractivity contribution in [3.05, 3.63) is 29.8 Å². The predicted octanol–water partition coefficient (Wildman–Crippen LogP) is 2.37. The van der Waals surface area contributed by atoms with E-state index < -0.39 is 0 Å². The molecule has 1 saturated heterocycles. The summed E-state index contributed by atoms with van der Waals surface area (Å²) in [6, 6.07) is 7.36. The van der Waals surface area contributed by atoms with E-state index >= 15 is 0 Å². The molecule has 25 heavy (non-hydrogen) atoms. The lowest BCUT2D eigenvalue weighted by Crippen LogP contribution is -2.53. The second-order valence-corrected chi connectivity index (χ2v) is 6.17. The molecule has 0 aliphatic carbocycles. The van der Waals surface area contributed by atoms with Crippen LogP contribution in [0.4, 0.5) is 5.69 Å². The number of morpholine rings is 1. The Balaban J connectivity index is 0.00000312. The maximum atomic E-state index is 12.4. The molecule has 0 aromatic heterocycles. The van der Waals surface area contributed by atoms with Crippen molar-refractivity contribution >= 4 is 24.0 Å². The summed E-state index contributed by atoms with van der Waals surface area (Å²) in [6.07, 6.45) is 0.0816. The highest BCUT2D eigenvalue weighted by atomic mass is 35.5. The van der Waals surface area contributed by atoms with E-state index in [2.05, 4.69) is 10.6 Å². The maximum absolute atomic E-state index is 12.4. The van der Waals surface area contributed by atoms with Crippen LogP contribution in [0.5, 0.6) is 0 Å². The Bertz CT molecular complexity index is 528. The van der Waals surface area contributed by atoms with Gasteiger partial charge in [0.15, 0.2) is 0 Å². The largest absolute Gasteiger partial charge is 0.376 e. The highest BCUT2D eigenvalue weighted by Crippen LogP contribution is 2.13. The van der Waals surface area contributed by atoms with Gasteiger partial charge < -0.3 is 24.8 Å². The summed E-state index contributed by atoms with van der Waals surface area (Å²) in [5, 5.41) is 6.12. The molecule has 2 rings (SSSR count). The van der Waals surface area contributed by atoms with E-state index in [1.165, 1.54) is 0 Å². The number of carbonyl (C=O) groups excluding carboxylic acids is 1. The first-order valence-corrected chi connectivity index (χ1v) is 8.50. The average molecular weight is 373 g/mol. The molecule has 7 heteroatoms. The molecule has 0 saturated carbocycles. The molecule has 1 amide bonds. The summed E-state index contributed by atoms with van der Waals surface area (Å²) >= 11 is 0. The number of hydrogen-bond acceptors (Lipinski definition) is 5. The van der Waals surface area contributed by atoms with Gasteiger partial charge in [0.2, 0.25) is 5.91 Å². The van der Waals surface area contributed by atoms with Crippen LogP contribution in [0, 0.1) is 0 Å². The van der Waals surface area contributed by atoms with E-state index in [1.54, 1.807) is 0 Å². The fraction of sp³-hybridized carbons (Fsp3) is 0.611. The fourth-order valence-corrected chi connectivity index (χ4v) is 2.52. The molecule has 1 heterocycles.